The molecular formula is C7H2BrF4NO3. The highest BCUT2D eigenvalue weighted by molar-refractivity contribution is 9.10. The lowest BCUT2D eigenvalue weighted by molar-refractivity contribution is -0.385. The van der Waals surface area contributed by atoms with Gasteiger partial charge in [-0.3, -0.25) is 10.1 Å². The van der Waals surface area contributed by atoms with Gasteiger partial charge in [0.15, 0.2) is 5.75 Å². The molecule has 0 bridgehead atoms. The Hall–Kier alpha value is -1.38. The van der Waals surface area contributed by atoms with Crippen LogP contribution in [0.5, 0.6) is 5.75 Å². The van der Waals surface area contributed by atoms with Gasteiger partial charge in [-0.1, -0.05) is 0 Å². The van der Waals surface area contributed by atoms with Gasteiger partial charge >= 0.3 is 6.36 Å². The predicted molar refractivity (Wildman–Crippen MR) is 47.4 cm³/mol. The number of hydrogen-bond acceptors (Lipinski definition) is 3. The molecule has 1 aromatic rings. The number of benzene rings is 1. The second-order valence-electron chi connectivity index (χ2n) is 2.54. The Bertz CT molecular complexity index is 434. The van der Waals surface area contributed by atoms with Gasteiger partial charge in [0.2, 0.25) is 0 Å². The Balaban J connectivity index is 3.22. The van der Waals surface area contributed by atoms with Gasteiger partial charge in [0.1, 0.15) is 5.82 Å². The second-order valence-corrected chi connectivity index (χ2v) is 3.34. The van der Waals surface area contributed by atoms with Crippen molar-refractivity contribution in [2.45, 2.75) is 6.36 Å². The smallest absolute Gasteiger partial charge is 0.404 e. The topological polar surface area (TPSA) is 52.4 Å². The molecule has 0 unspecified atom stereocenters. The number of nitro benzene ring substituents is 1. The molecule has 0 heterocycles. The van der Waals surface area contributed by atoms with Crippen LogP contribution in [-0.2, 0) is 0 Å². The van der Waals surface area contributed by atoms with Gasteiger partial charge in [-0.05, 0) is 15.9 Å². The first-order valence-corrected chi connectivity index (χ1v) is 4.39. The molecule has 88 valence electrons. The molecule has 0 aliphatic heterocycles. The van der Waals surface area contributed by atoms with Crippen LogP contribution < -0.4 is 4.74 Å². The molecule has 4 nitrogen and oxygen atoms in total. The molecule has 0 saturated heterocycles. The Morgan fingerprint density at radius 3 is 2.38 bits per heavy atom. The van der Waals surface area contributed by atoms with Crippen LogP contribution in [0.15, 0.2) is 16.6 Å². The van der Waals surface area contributed by atoms with E-state index >= 15 is 0 Å². The zero-order valence-corrected chi connectivity index (χ0v) is 8.80. The maximum Gasteiger partial charge on any atom is 0.573 e. The third-order valence-electron chi connectivity index (χ3n) is 1.42. The molecular weight excluding hydrogens is 302 g/mol. The molecule has 1 rings (SSSR count). The average Bonchev–Trinajstić information content (AvgIpc) is 2.10. The van der Waals surface area contributed by atoms with Crippen molar-refractivity contribution in [3.63, 3.8) is 0 Å². The van der Waals surface area contributed by atoms with Gasteiger partial charge < -0.3 is 4.74 Å². The maximum absolute atomic E-state index is 13.0. The van der Waals surface area contributed by atoms with E-state index in [1.165, 1.54) is 0 Å². The summed E-state index contributed by atoms with van der Waals surface area (Å²) < 4.78 is 51.3. The van der Waals surface area contributed by atoms with Crippen molar-refractivity contribution < 1.29 is 27.2 Å². The number of ether oxygens (including phenoxy) is 1. The SMILES string of the molecule is O=[N+]([O-])c1cc(F)c(Br)c(OC(F)(F)F)c1. The Labute approximate surface area is 94.1 Å². The maximum atomic E-state index is 13.0. The van der Waals surface area contributed by atoms with E-state index in [4.69, 9.17) is 0 Å². The fraction of sp³-hybridized carbons (Fsp3) is 0.143. The zero-order chi connectivity index (χ0) is 12.5. The summed E-state index contributed by atoms with van der Waals surface area (Å²) in [5, 5.41) is 10.3. The summed E-state index contributed by atoms with van der Waals surface area (Å²) in [6.45, 7) is 0. The van der Waals surface area contributed by atoms with Crippen molar-refractivity contribution in [1.29, 1.82) is 0 Å². The Morgan fingerprint density at radius 1 is 1.38 bits per heavy atom. The highest BCUT2D eigenvalue weighted by atomic mass is 79.9. The normalized spacial score (nSPS) is 11.3. The molecule has 0 aliphatic rings. The third-order valence-corrected chi connectivity index (χ3v) is 2.19. The molecule has 0 fully saturated rings. The van der Waals surface area contributed by atoms with Crippen molar-refractivity contribution in [1.82, 2.24) is 0 Å². The molecule has 0 N–H and O–H groups in total. The number of nitro groups is 1. The first kappa shape index (κ1) is 12.7. The van der Waals surface area contributed by atoms with E-state index in [1.807, 2.05) is 0 Å². The van der Waals surface area contributed by atoms with Gasteiger partial charge in [-0.2, -0.15) is 0 Å². The van der Waals surface area contributed by atoms with Crippen LogP contribution in [0.1, 0.15) is 0 Å². The van der Waals surface area contributed by atoms with Crippen molar-refractivity contribution in [2.75, 3.05) is 0 Å². The molecule has 0 aromatic heterocycles. The largest absolute Gasteiger partial charge is 0.573 e. The predicted octanol–water partition coefficient (Wildman–Crippen LogP) is 3.39. The zero-order valence-electron chi connectivity index (χ0n) is 7.22. The first-order chi connectivity index (χ1) is 7.20. The van der Waals surface area contributed by atoms with Crippen molar-refractivity contribution >= 4 is 21.6 Å². The second kappa shape index (κ2) is 4.24. The van der Waals surface area contributed by atoms with Crippen LogP contribution in [0.2, 0.25) is 0 Å². The number of non-ortho nitro benzene ring substituents is 1. The van der Waals surface area contributed by atoms with E-state index in [2.05, 4.69) is 20.7 Å². The van der Waals surface area contributed by atoms with Crippen molar-refractivity contribution in [3.8, 4) is 5.75 Å². The first-order valence-electron chi connectivity index (χ1n) is 3.60. The Kier molecular flexibility index (Phi) is 3.36. The fourth-order valence-electron chi connectivity index (χ4n) is 0.855. The number of alkyl halides is 3. The highest BCUT2D eigenvalue weighted by Gasteiger charge is 2.33. The molecule has 9 heteroatoms. The van der Waals surface area contributed by atoms with Crippen LogP contribution in [0.25, 0.3) is 0 Å². The molecule has 1 aromatic carbocycles. The monoisotopic (exact) mass is 303 g/mol. The van der Waals surface area contributed by atoms with E-state index in [0.717, 1.165) is 0 Å². The number of halogens is 5. The molecule has 16 heavy (non-hydrogen) atoms. The number of nitrogens with zero attached hydrogens (tertiary/aromatic N) is 1. The fourth-order valence-corrected chi connectivity index (χ4v) is 1.16. The quantitative estimate of drug-likeness (QED) is 0.478. The van der Waals surface area contributed by atoms with Gasteiger partial charge in [-0.15, -0.1) is 13.2 Å². The van der Waals surface area contributed by atoms with Gasteiger partial charge in [0, 0.05) is 0 Å². The van der Waals surface area contributed by atoms with E-state index in [9.17, 15) is 27.7 Å². The standard InChI is InChI=1S/C7H2BrF4NO3/c8-6-4(9)1-3(13(14)15)2-5(6)16-7(10,11)12/h1-2H. The van der Waals surface area contributed by atoms with E-state index in [1.54, 1.807) is 0 Å². The van der Waals surface area contributed by atoms with E-state index in [-0.39, 0.29) is 0 Å². The van der Waals surface area contributed by atoms with E-state index < -0.39 is 33.0 Å². The van der Waals surface area contributed by atoms with Crippen molar-refractivity contribution in [3.05, 3.63) is 32.5 Å². The van der Waals surface area contributed by atoms with Crippen LogP contribution in [0, 0.1) is 15.9 Å². The van der Waals surface area contributed by atoms with Gasteiger partial charge in [0.05, 0.1) is 21.5 Å². The molecule has 0 amide bonds. The highest BCUT2D eigenvalue weighted by Crippen LogP contribution is 2.35. The number of rotatable bonds is 2. The Morgan fingerprint density at radius 2 is 1.94 bits per heavy atom. The minimum absolute atomic E-state index is 0.473. The summed E-state index contributed by atoms with van der Waals surface area (Å²) >= 11 is 2.49. The third kappa shape index (κ3) is 3.05. The van der Waals surface area contributed by atoms with Gasteiger partial charge in [-0.25, -0.2) is 4.39 Å². The molecule has 0 aliphatic carbocycles. The number of hydrogen-bond donors (Lipinski definition) is 0. The summed E-state index contributed by atoms with van der Waals surface area (Å²) in [5.74, 6) is -2.22. The lowest BCUT2D eigenvalue weighted by Gasteiger charge is -2.10. The van der Waals surface area contributed by atoms with Crippen LogP contribution >= 0.6 is 15.9 Å². The molecule has 0 spiro atoms. The minimum atomic E-state index is -5.05. The van der Waals surface area contributed by atoms with Crippen LogP contribution in [0.3, 0.4) is 0 Å². The summed E-state index contributed by atoms with van der Waals surface area (Å²) in [4.78, 5) is 9.24. The lowest BCUT2D eigenvalue weighted by Crippen LogP contribution is -2.17. The molecule has 0 atom stereocenters. The van der Waals surface area contributed by atoms with Crippen LogP contribution in [0.4, 0.5) is 23.2 Å². The van der Waals surface area contributed by atoms with E-state index in [0.29, 0.717) is 12.1 Å². The molecule has 0 radical (unpaired) electrons. The summed E-state index contributed by atoms with van der Waals surface area (Å²) in [7, 11) is 0. The molecule has 0 saturated carbocycles. The summed E-state index contributed by atoms with van der Waals surface area (Å²) in [6, 6.07) is 0.952. The summed E-state index contributed by atoms with van der Waals surface area (Å²) in [6.07, 6.45) is -5.05. The average molecular weight is 304 g/mol. The minimum Gasteiger partial charge on any atom is -0.404 e. The summed E-state index contributed by atoms with van der Waals surface area (Å²) in [5.41, 5.74) is -0.833. The van der Waals surface area contributed by atoms with Gasteiger partial charge in [0.25, 0.3) is 5.69 Å². The van der Waals surface area contributed by atoms with Crippen LogP contribution in [-0.4, -0.2) is 11.3 Å². The lowest BCUT2D eigenvalue weighted by atomic mass is 10.3. The van der Waals surface area contributed by atoms with Crippen molar-refractivity contribution in [2.24, 2.45) is 0 Å².